The van der Waals surface area contributed by atoms with Crippen molar-refractivity contribution in [2.45, 2.75) is 6.04 Å². The van der Waals surface area contributed by atoms with Gasteiger partial charge in [-0.1, -0.05) is 5.16 Å². The molecule has 2 heterocycles. The van der Waals surface area contributed by atoms with Gasteiger partial charge in [0.15, 0.2) is 10.8 Å². The van der Waals surface area contributed by atoms with Crippen LogP contribution in [0.4, 0.5) is 5.13 Å². The van der Waals surface area contributed by atoms with Crippen LogP contribution in [0.15, 0.2) is 15.6 Å². The zero-order valence-electron chi connectivity index (χ0n) is 12.8. The van der Waals surface area contributed by atoms with Crippen LogP contribution in [0.25, 0.3) is 0 Å². The fourth-order valence-electron chi connectivity index (χ4n) is 1.66. The molecular weight excluding hydrogens is 367 g/mol. The number of aliphatic carboxylic acids is 1. The summed E-state index contributed by atoms with van der Waals surface area (Å²) in [6.07, 6.45) is 0.478. The number of hydrogen-bond donors (Lipinski definition) is 2. The van der Waals surface area contributed by atoms with Crippen LogP contribution in [-0.4, -0.2) is 59.4 Å². The van der Waals surface area contributed by atoms with Crippen LogP contribution in [-0.2, 0) is 19.2 Å². The molecule has 1 aromatic rings. The van der Waals surface area contributed by atoms with E-state index in [0.717, 1.165) is 16.3 Å². The SMILES string of the molecule is CO/N=C(\C(=O)N[C@H]1CN(N=CC(=O)[O-])C1=O)c1csc(N)n1.[K+]. The van der Waals surface area contributed by atoms with Gasteiger partial charge in [0.1, 0.15) is 18.8 Å². The van der Waals surface area contributed by atoms with E-state index in [9.17, 15) is 19.5 Å². The number of nitrogens with one attached hydrogen (secondary N) is 1. The van der Waals surface area contributed by atoms with E-state index in [1.165, 1.54) is 12.5 Å². The van der Waals surface area contributed by atoms with Crippen LogP contribution >= 0.6 is 11.3 Å². The van der Waals surface area contributed by atoms with Crippen LogP contribution in [0.2, 0.25) is 0 Å². The number of hydrazone groups is 1. The Balaban J connectivity index is 0.00000288. The number of rotatable bonds is 6. The first-order chi connectivity index (χ1) is 10.9. The molecule has 0 spiro atoms. The largest absolute Gasteiger partial charge is 1.00 e. The molecule has 0 unspecified atom stereocenters. The van der Waals surface area contributed by atoms with Crippen molar-refractivity contribution in [3.8, 4) is 0 Å². The maximum atomic E-state index is 12.2. The average molecular weight is 378 g/mol. The van der Waals surface area contributed by atoms with E-state index in [1.54, 1.807) is 0 Å². The Kier molecular flexibility index (Phi) is 7.91. The van der Waals surface area contributed by atoms with Gasteiger partial charge < -0.3 is 25.8 Å². The number of carbonyl (C=O) groups excluding carboxylic acids is 3. The van der Waals surface area contributed by atoms with Crippen molar-refractivity contribution >= 4 is 46.2 Å². The smallest absolute Gasteiger partial charge is 0.544 e. The van der Waals surface area contributed by atoms with Gasteiger partial charge in [-0.05, 0) is 0 Å². The van der Waals surface area contributed by atoms with Crippen LogP contribution in [0, 0.1) is 0 Å². The molecule has 0 bridgehead atoms. The van der Waals surface area contributed by atoms with Gasteiger partial charge in [-0.25, -0.2) is 9.99 Å². The van der Waals surface area contributed by atoms with Gasteiger partial charge in [0.05, 0.1) is 18.7 Å². The van der Waals surface area contributed by atoms with Gasteiger partial charge in [-0.15, -0.1) is 11.3 Å². The Morgan fingerprint density at radius 2 is 2.33 bits per heavy atom. The fraction of sp³-hybridized carbons (Fsp3) is 0.273. The molecule has 0 aliphatic carbocycles. The second-order valence-electron chi connectivity index (χ2n) is 4.20. The molecule has 0 saturated carbocycles. The van der Waals surface area contributed by atoms with E-state index in [2.05, 4.69) is 25.4 Å². The Bertz CT molecular complexity index is 705. The molecule has 2 amide bonds. The first kappa shape index (κ1) is 20.7. The van der Waals surface area contributed by atoms with Gasteiger partial charge in [0.25, 0.3) is 11.8 Å². The number of hydrogen-bond acceptors (Lipinski definition) is 10. The summed E-state index contributed by atoms with van der Waals surface area (Å²) in [6.45, 7) is 0.0216. The van der Waals surface area contributed by atoms with Gasteiger partial charge in [0, 0.05) is 5.38 Å². The summed E-state index contributed by atoms with van der Waals surface area (Å²) >= 11 is 1.12. The summed E-state index contributed by atoms with van der Waals surface area (Å²) in [5.74, 6) is -2.77. The fourth-order valence-corrected chi connectivity index (χ4v) is 2.20. The van der Waals surface area contributed by atoms with Crippen molar-refractivity contribution in [2.24, 2.45) is 10.3 Å². The Labute approximate surface area is 182 Å². The second kappa shape index (κ2) is 9.19. The molecular formula is C11H11KN6O5S. The second-order valence-corrected chi connectivity index (χ2v) is 5.09. The normalized spacial score (nSPS) is 17.2. The van der Waals surface area contributed by atoms with Gasteiger partial charge in [-0.2, -0.15) is 5.10 Å². The van der Waals surface area contributed by atoms with Crippen molar-refractivity contribution in [2.75, 3.05) is 19.4 Å². The number of nitrogen functional groups attached to an aromatic ring is 1. The standard InChI is InChI=1S/C11H12N6O5S.K/c1-22-16-8(6-4-23-11(12)15-6)9(20)14-5-3-17(10(5)21)13-2-7(18)19;/h2,4-5H,3H2,1H3,(H2,12,15)(H,14,20)(H,18,19);/q;+1/p-1/b13-2?,16-8-;/t5-;/m0./s1. The number of aromatic nitrogens is 1. The number of nitrogens with zero attached hydrogens (tertiary/aromatic N) is 4. The van der Waals surface area contributed by atoms with E-state index in [4.69, 9.17) is 5.73 Å². The third-order valence-corrected chi connectivity index (χ3v) is 3.35. The zero-order valence-corrected chi connectivity index (χ0v) is 16.7. The average Bonchev–Trinajstić information content (AvgIpc) is 2.92. The first-order valence-corrected chi connectivity index (χ1v) is 7.00. The van der Waals surface area contributed by atoms with Crippen LogP contribution in [0.5, 0.6) is 0 Å². The summed E-state index contributed by atoms with van der Waals surface area (Å²) in [5.41, 5.74) is 5.58. The molecule has 1 fully saturated rings. The van der Waals surface area contributed by atoms with Crippen LogP contribution < -0.4 is 67.5 Å². The number of nitrogens with two attached hydrogens (primary N) is 1. The molecule has 1 aromatic heterocycles. The monoisotopic (exact) mass is 378 g/mol. The van der Waals surface area contributed by atoms with Crippen molar-refractivity contribution < 1.29 is 75.7 Å². The van der Waals surface area contributed by atoms with E-state index >= 15 is 0 Å². The molecule has 1 aliphatic rings. The van der Waals surface area contributed by atoms with Gasteiger partial charge in [0.2, 0.25) is 0 Å². The number of carboxylic acid groups (broad SMARTS) is 1. The number of β-lactam (4-membered cyclic amide) rings is 1. The maximum absolute atomic E-state index is 12.2. The minimum atomic E-state index is -1.53. The predicted octanol–water partition coefficient (Wildman–Crippen LogP) is -5.86. The number of thiazole rings is 1. The molecule has 122 valence electrons. The van der Waals surface area contributed by atoms with Crippen molar-refractivity contribution in [3.05, 3.63) is 11.1 Å². The minimum Gasteiger partial charge on any atom is -0.544 e. The summed E-state index contributed by atoms with van der Waals surface area (Å²) < 4.78 is 0. The summed E-state index contributed by atoms with van der Waals surface area (Å²) in [4.78, 5) is 42.6. The van der Waals surface area contributed by atoms with E-state index in [-0.39, 0.29) is 74.5 Å². The molecule has 13 heteroatoms. The molecule has 1 saturated heterocycles. The number of anilines is 1. The third-order valence-electron chi connectivity index (χ3n) is 2.68. The Morgan fingerprint density at radius 3 is 2.83 bits per heavy atom. The summed E-state index contributed by atoms with van der Waals surface area (Å²) in [6, 6.07) is -0.848. The molecule has 24 heavy (non-hydrogen) atoms. The summed E-state index contributed by atoms with van der Waals surface area (Å²) in [5, 5.41) is 22.2. The van der Waals surface area contributed by atoms with Crippen molar-refractivity contribution in [1.82, 2.24) is 15.3 Å². The molecule has 0 radical (unpaired) electrons. The summed E-state index contributed by atoms with van der Waals surface area (Å²) in [7, 11) is 1.26. The molecule has 3 N–H and O–H groups in total. The van der Waals surface area contributed by atoms with E-state index in [1.807, 2.05) is 0 Å². The van der Waals surface area contributed by atoms with Gasteiger partial charge in [-0.3, -0.25) is 9.59 Å². The molecule has 1 atom stereocenters. The topological polar surface area (TPSA) is 162 Å². The quantitative estimate of drug-likeness (QED) is 0.215. The molecule has 0 aromatic carbocycles. The maximum Gasteiger partial charge on any atom is 1.00 e. The number of carbonyl (C=O) groups is 3. The van der Waals surface area contributed by atoms with Crippen LogP contribution in [0.3, 0.4) is 0 Å². The Hall–Kier alpha value is -1.38. The number of oxime groups is 1. The molecule has 1 aliphatic heterocycles. The first-order valence-electron chi connectivity index (χ1n) is 6.12. The number of amides is 2. The third kappa shape index (κ3) is 5.05. The predicted molar refractivity (Wildman–Crippen MR) is 77.2 cm³/mol. The Morgan fingerprint density at radius 1 is 1.62 bits per heavy atom. The molecule has 2 rings (SSSR count). The zero-order chi connectivity index (χ0) is 17.0. The van der Waals surface area contributed by atoms with Crippen molar-refractivity contribution in [1.29, 1.82) is 0 Å². The molecule has 11 nitrogen and oxygen atoms in total. The van der Waals surface area contributed by atoms with Gasteiger partial charge >= 0.3 is 51.4 Å². The van der Waals surface area contributed by atoms with Crippen molar-refractivity contribution in [3.63, 3.8) is 0 Å². The van der Waals surface area contributed by atoms with Crippen LogP contribution in [0.1, 0.15) is 5.69 Å². The number of carboxylic acids is 1. The van der Waals surface area contributed by atoms with E-state index in [0.29, 0.717) is 6.21 Å². The van der Waals surface area contributed by atoms with E-state index < -0.39 is 23.8 Å². The minimum absolute atomic E-state index is 0.